The number of nitrogens with zero attached hydrogens (tertiary/aromatic N) is 2. The van der Waals surface area contributed by atoms with Gasteiger partial charge in [-0.1, -0.05) is 18.2 Å². The first-order valence-electron chi connectivity index (χ1n) is 9.22. The number of hydrogen-bond donors (Lipinski definition) is 1. The Morgan fingerprint density at radius 3 is 2.74 bits per heavy atom. The summed E-state index contributed by atoms with van der Waals surface area (Å²) >= 11 is 1.21. The molecule has 0 unspecified atom stereocenters. The van der Waals surface area contributed by atoms with Gasteiger partial charge in [0.25, 0.3) is 11.6 Å². The van der Waals surface area contributed by atoms with Crippen molar-refractivity contribution in [2.24, 2.45) is 4.99 Å². The highest BCUT2D eigenvalue weighted by Crippen LogP contribution is 2.36. The van der Waals surface area contributed by atoms with E-state index in [1.165, 1.54) is 37.1 Å². The first kappa shape index (κ1) is 20.4. The molecule has 31 heavy (non-hydrogen) atoms. The zero-order chi connectivity index (χ0) is 22.0. The van der Waals surface area contributed by atoms with E-state index in [2.05, 4.69) is 10.3 Å². The van der Waals surface area contributed by atoms with Crippen molar-refractivity contribution in [3.63, 3.8) is 0 Å². The first-order valence-corrected chi connectivity index (χ1v) is 10.0. The zero-order valence-corrected chi connectivity index (χ0v) is 17.4. The minimum absolute atomic E-state index is 0.0742. The molecule has 1 fully saturated rings. The predicted molar refractivity (Wildman–Crippen MR) is 119 cm³/mol. The quantitative estimate of drug-likeness (QED) is 0.341. The lowest BCUT2D eigenvalue weighted by molar-refractivity contribution is -0.384. The van der Waals surface area contributed by atoms with E-state index >= 15 is 0 Å². The fourth-order valence-corrected chi connectivity index (χ4v) is 3.80. The Labute approximate surface area is 181 Å². The number of nitro benzene ring substituents is 1. The molecule has 2 heterocycles. The number of methoxy groups -OCH3 is 1. The van der Waals surface area contributed by atoms with Crippen LogP contribution in [0.15, 0.2) is 68.9 Å². The van der Waals surface area contributed by atoms with Gasteiger partial charge in [-0.15, -0.1) is 0 Å². The standard InChI is InChI=1S/C22H17N3O5S/c1-13-5-3-4-6-17(13)23-22-24-21(26)20(31-22)12-15-8-10-19(30-15)16-11-14(25(27)28)7-9-18(16)29-2/h3-12H,1-2H3,(H,23,24,26)/b20-12-. The van der Waals surface area contributed by atoms with Crippen molar-refractivity contribution in [2.45, 2.75) is 6.92 Å². The van der Waals surface area contributed by atoms with Crippen LogP contribution < -0.4 is 10.1 Å². The van der Waals surface area contributed by atoms with Crippen LogP contribution in [0.4, 0.5) is 11.4 Å². The van der Waals surface area contributed by atoms with Gasteiger partial charge in [-0.3, -0.25) is 14.9 Å². The maximum Gasteiger partial charge on any atom is 0.270 e. The van der Waals surface area contributed by atoms with E-state index < -0.39 is 4.92 Å². The number of nitrogens with one attached hydrogen (secondary N) is 1. The average molecular weight is 435 g/mol. The van der Waals surface area contributed by atoms with E-state index in [-0.39, 0.29) is 11.6 Å². The van der Waals surface area contributed by atoms with Crippen molar-refractivity contribution in [2.75, 3.05) is 7.11 Å². The summed E-state index contributed by atoms with van der Waals surface area (Å²) in [5, 5.41) is 14.3. The van der Waals surface area contributed by atoms with E-state index in [1.807, 2.05) is 31.2 Å². The first-order chi connectivity index (χ1) is 14.9. The highest BCUT2D eigenvalue weighted by atomic mass is 32.2. The van der Waals surface area contributed by atoms with E-state index in [0.717, 1.165) is 11.3 Å². The van der Waals surface area contributed by atoms with E-state index in [4.69, 9.17) is 9.15 Å². The van der Waals surface area contributed by atoms with Crippen LogP contribution in [0.1, 0.15) is 11.3 Å². The van der Waals surface area contributed by atoms with Gasteiger partial charge in [0, 0.05) is 18.2 Å². The average Bonchev–Trinajstić information content (AvgIpc) is 3.36. The third-order valence-electron chi connectivity index (χ3n) is 4.55. The maximum atomic E-state index is 12.3. The normalized spacial score (nSPS) is 16.0. The molecule has 1 aliphatic heterocycles. The molecule has 9 heteroatoms. The number of carbonyl (C=O) groups is 1. The minimum atomic E-state index is -0.483. The fraction of sp³-hybridized carbons (Fsp3) is 0.0909. The number of hydrogen-bond acceptors (Lipinski definition) is 7. The Bertz CT molecular complexity index is 1250. The summed E-state index contributed by atoms with van der Waals surface area (Å²) in [5.74, 6) is 0.992. The molecule has 156 valence electrons. The van der Waals surface area contributed by atoms with Crippen LogP contribution in [-0.4, -0.2) is 23.1 Å². The Morgan fingerprint density at radius 2 is 2.00 bits per heavy atom. The predicted octanol–water partition coefficient (Wildman–Crippen LogP) is 5.06. The Morgan fingerprint density at radius 1 is 1.19 bits per heavy atom. The summed E-state index contributed by atoms with van der Waals surface area (Å²) in [6.07, 6.45) is 1.60. The molecule has 1 amide bonds. The number of carbonyl (C=O) groups excluding carboxylic acids is 1. The molecule has 0 atom stereocenters. The smallest absolute Gasteiger partial charge is 0.270 e. The molecule has 1 saturated heterocycles. The van der Waals surface area contributed by atoms with Crippen LogP contribution in [-0.2, 0) is 4.79 Å². The van der Waals surface area contributed by atoms with E-state index in [9.17, 15) is 14.9 Å². The molecule has 0 radical (unpaired) electrons. The second-order valence-corrected chi connectivity index (χ2v) is 7.64. The van der Waals surface area contributed by atoms with Gasteiger partial charge in [-0.05, 0) is 48.5 Å². The monoisotopic (exact) mass is 435 g/mol. The van der Waals surface area contributed by atoms with Crippen molar-refractivity contribution < 1.29 is 18.9 Å². The van der Waals surface area contributed by atoms with Crippen LogP contribution in [0.2, 0.25) is 0 Å². The summed E-state index contributed by atoms with van der Waals surface area (Å²) in [4.78, 5) is 27.9. The van der Waals surface area contributed by atoms with Crippen LogP contribution >= 0.6 is 11.8 Å². The maximum absolute atomic E-state index is 12.3. The van der Waals surface area contributed by atoms with Crippen molar-refractivity contribution in [1.82, 2.24) is 5.32 Å². The van der Waals surface area contributed by atoms with Gasteiger partial charge in [-0.2, -0.15) is 0 Å². The molecule has 0 aliphatic carbocycles. The third-order valence-corrected chi connectivity index (χ3v) is 5.46. The molecule has 0 bridgehead atoms. The van der Waals surface area contributed by atoms with Crippen LogP contribution in [0.5, 0.6) is 5.75 Å². The number of aliphatic imine (C=N–C) groups is 1. The SMILES string of the molecule is COc1ccc([N+](=O)[O-])cc1-c1ccc(/C=C2\SC(=Nc3ccccc3C)NC2=O)o1. The van der Waals surface area contributed by atoms with Gasteiger partial charge >= 0.3 is 0 Å². The number of amides is 1. The second-order valence-electron chi connectivity index (χ2n) is 6.61. The highest BCUT2D eigenvalue weighted by Gasteiger charge is 2.25. The van der Waals surface area contributed by atoms with Crippen molar-refractivity contribution in [3.8, 4) is 17.1 Å². The molecular weight excluding hydrogens is 418 g/mol. The van der Waals surface area contributed by atoms with Gasteiger partial charge in [0.1, 0.15) is 17.3 Å². The molecule has 4 rings (SSSR count). The second kappa shape index (κ2) is 8.49. The topological polar surface area (TPSA) is 107 Å². The molecule has 3 aromatic rings. The number of non-ortho nitro benzene ring substituents is 1. The molecule has 0 saturated carbocycles. The lowest BCUT2D eigenvalue weighted by atomic mass is 10.1. The lowest BCUT2D eigenvalue weighted by Crippen LogP contribution is -2.19. The summed E-state index contributed by atoms with van der Waals surface area (Å²) < 4.78 is 11.1. The summed E-state index contributed by atoms with van der Waals surface area (Å²) in [6, 6.07) is 15.3. The fourth-order valence-electron chi connectivity index (χ4n) is 2.99. The molecule has 1 N–H and O–H groups in total. The number of thioether (sulfide) groups is 1. The summed E-state index contributed by atoms with van der Waals surface area (Å²) in [7, 11) is 1.48. The molecule has 1 aliphatic rings. The molecule has 0 spiro atoms. The molecule has 1 aromatic heterocycles. The third kappa shape index (κ3) is 4.36. The number of amidine groups is 1. The van der Waals surface area contributed by atoms with Gasteiger partial charge in [0.15, 0.2) is 5.17 Å². The summed E-state index contributed by atoms with van der Waals surface area (Å²) in [6.45, 7) is 1.95. The van der Waals surface area contributed by atoms with Crippen LogP contribution in [0.3, 0.4) is 0 Å². The van der Waals surface area contributed by atoms with Gasteiger partial charge in [-0.25, -0.2) is 4.99 Å². The van der Waals surface area contributed by atoms with E-state index in [1.54, 1.807) is 18.2 Å². The minimum Gasteiger partial charge on any atom is -0.496 e. The number of para-hydroxylation sites is 1. The molecule has 8 nitrogen and oxygen atoms in total. The number of nitro groups is 1. The largest absolute Gasteiger partial charge is 0.496 e. The van der Waals surface area contributed by atoms with E-state index in [0.29, 0.717) is 32.9 Å². The van der Waals surface area contributed by atoms with Gasteiger partial charge in [0.05, 0.1) is 28.2 Å². The Kier molecular flexibility index (Phi) is 5.59. The lowest BCUT2D eigenvalue weighted by Gasteiger charge is -2.05. The van der Waals surface area contributed by atoms with Crippen LogP contribution in [0, 0.1) is 17.0 Å². The van der Waals surface area contributed by atoms with Gasteiger partial charge < -0.3 is 14.5 Å². The Balaban J connectivity index is 1.61. The number of rotatable bonds is 5. The van der Waals surface area contributed by atoms with Crippen molar-refractivity contribution >= 4 is 40.3 Å². The zero-order valence-electron chi connectivity index (χ0n) is 16.6. The van der Waals surface area contributed by atoms with Gasteiger partial charge in [0.2, 0.25) is 0 Å². The molecule has 2 aromatic carbocycles. The number of aryl methyl sites for hydroxylation is 1. The van der Waals surface area contributed by atoms with Crippen molar-refractivity contribution in [1.29, 1.82) is 0 Å². The summed E-state index contributed by atoms with van der Waals surface area (Å²) in [5.41, 5.74) is 2.16. The number of furan rings is 1. The molecular formula is C22H17N3O5S. The number of ether oxygens (including phenoxy) is 1. The van der Waals surface area contributed by atoms with Crippen LogP contribution in [0.25, 0.3) is 17.4 Å². The highest BCUT2D eigenvalue weighted by molar-refractivity contribution is 8.18. The Hall–Kier alpha value is -3.85. The number of benzene rings is 2. The van der Waals surface area contributed by atoms with Crippen molar-refractivity contribution in [3.05, 3.63) is 80.9 Å².